The molecule has 0 aliphatic carbocycles. The zero-order valence-corrected chi connectivity index (χ0v) is 19.5. The van der Waals surface area contributed by atoms with Gasteiger partial charge in [0.05, 0.1) is 43.3 Å². The number of morpholine rings is 1. The van der Waals surface area contributed by atoms with E-state index >= 15 is 0 Å². The predicted octanol–water partition coefficient (Wildman–Crippen LogP) is 5.08. The molecule has 0 spiro atoms. The maximum atomic E-state index is 12.8. The minimum atomic E-state index is -0.179. The van der Waals surface area contributed by atoms with E-state index in [4.69, 9.17) is 4.74 Å². The number of amides is 1. The monoisotopic (exact) mass is 455 g/mol. The summed E-state index contributed by atoms with van der Waals surface area (Å²) in [5.74, 6) is 1.25. The summed E-state index contributed by atoms with van der Waals surface area (Å²) in [6.07, 6.45) is 5.88. The van der Waals surface area contributed by atoms with Crippen molar-refractivity contribution in [2.45, 2.75) is 26.3 Å². The molecule has 5 rings (SSSR count). The molecular formula is C27H29N5O2. The fraction of sp³-hybridized carbons (Fsp3) is 0.296. The Hall–Kier alpha value is -3.71. The largest absolute Gasteiger partial charge is 0.377 e. The van der Waals surface area contributed by atoms with Crippen molar-refractivity contribution in [1.82, 2.24) is 24.8 Å². The van der Waals surface area contributed by atoms with Crippen molar-refractivity contribution in [1.29, 1.82) is 0 Å². The number of imidazole rings is 2. The minimum absolute atomic E-state index is 0.157. The van der Waals surface area contributed by atoms with E-state index in [0.717, 1.165) is 39.5 Å². The molecule has 3 heterocycles. The topological polar surface area (TPSA) is 86.9 Å². The highest BCUT2D eigenvalue weighted by molar-refractivity contribution is 5.77. The van der Waals surface area contributed by atoms with Crippen LogP contribution in [0, 0.1) is 5.92 Å². The van der Waals surface area contributed by atoms with Gasteiger partial charge in [0.1, 0.15) is 11.9 Å². The predicted molar refractivity (Wildman–Crippen MR) is 132 cm³/mol. The van der Waals surface area contributed by atoms with E-state index in [2.05, 4.69) is 82.3 Å². The van der Waals surface area contributed by atoms with Crippen LogP contribution in [0.1, 0.15) is 32.1 Å². The Morgan fingerprint density at radius 1 is 1.00 bits per heavy atom. The van der Waals surface area contributed by atoms with Crippen LogP contribution in [-0.2, 0) is 9.53 Å². The van der Waals surface area contributed by atoms with Gasteiger partial charge in [0.2, 0.25) is 5.91 Å². The third kappa shape index (κ3) is 4.65. The molecule has 2 N–H and O–H groups in total. The molecule has 0 saturated carbocycles. The van der Waals surface area contributed by atoms with Crippen molar-refractivity contribution in [2.24, 2.45) is 5.92 Å². The summed E-state index contributed by atoms with van der Waals surface area (Å²) >= 11 is 0. The molecule has 7 nitrogen and oxygen atoms in total. The van der Waals surface area contributed by atoms with Crippen LogP contribution < -0.4 is 0 Å². The Morgan fingerprint density at radius 2 is 1.65 bits per heavy atom. The normalized spacial score (nSPS) is 16.2. The van der Waals surface area contributed by atoms with Gasteiger partial charge in [0.15, 0.2) is 0 Å². The van der Waals surface area contributed by atoms with Gasteiger partial charge in [0, 0.05) is 13.0 Å². The van der Waals surface area contributed by atoms with Crippen molar-refractivity contribution in [3.8, 4) is 33.6 Å². The molecule has 0 bridgehead atoms. The summed E-state index contributed by atoms with van der Waals surface area (Å²) in [7, 11) is 0. The number of rotatable bonds is 6. The van der Waals surface area contributed by atoms with Crippen molar-refractivity contribution in [2.75, 3.05) is 19.8 Å². The van der Waals surface area contributed by atoms with Crippen LogP contribution in [0.3, 0.4) is 0 Å². The highest BCUT2D eigenvalue weighted by atomic mass is 16.5. The molecule has 4 aromatic rings. The van der Waals surface area contributed by atoms with Crippen LogP contribution in [0.2, 0.25) is 0 Å². The SMILES string of the molecule is CC(C)CC(=O)N1CCOCC1c1ncc(-c2ccc(-c3ccc(-c4cnc[nH]4)cc3)cc2)[nH]1. The van der Waals surface area contributed by atoms with E-state index < -0.39 is 0 Å². The van der Waals surface area contributed by atoms with Crippen LogP contribution >= 0.6 is 0 Å². The summed E-state index contributed by atoms with van der Waals surface area (Å²) in [4.78, 5) is 29.9. The summed E-state index contributed by atoms with van der Waals surface area (Å²) in [6.45, 7) is 5.76. The van der Waals surface area contributed by atoms with E-state index in [-0.39, 0.29) is 11.9 Å². The molecule has 2 aromatic carbocycles. The zero-order valence-electron chi connectivity index (χ0n) is 19.5. The Kier molecular flexibility index (Phi) is 6.27. The van der Waals surface area contributed by atoms with Gasteiger partial charge >= 0.3 is 0 Å². The Labute approximate surface area is 199 Å². The molecule has 7 heteroatoms. The van der Waals surface area contributed by atoms with Crippen molar-refractivity contribution >= 4 is 5.91 Å². The lowest BCUT2D eigenvalue weighted by Gasteiger charge is -2.35. The molecular weight excluding hydrogens is 426 g/mol. The molecule has 0 radical (unpaired) electrons. The van der Waals surface area contributed by atoms with Crippen LogP contribution in [0.4, 0.5) is 0 Å². The maximum absolute atomic E-state index is 12.8. The molecule has 1 amide bonds. The first-order valence-corrected chi connectivity index (χ1v) is 11.7. The third-order valence-corrected chi connectivity index (χ3v) is 6.17. The number of carbonyl (C=O) groups is 1. The maximum Gasteiger partial charge on any atom is 0.223 e. The molecule has 1 unspecified atom stereocenters. The van der Waals surface area contributed by atoms with E-state index in [1.54, 1.807) is 6.33 Å². The second-order valence-electron chi connectivity index (χ2n) is 9.08. The van der Waals surface area contributed by atoms with Gasteiger partial charge in [-0.15, -0.1) is 0 Å². The van der Waals surface area contributed by atoms with Crippen molar-refractivity contribution in [3.63, 3.8) is 0 Å². The number of nitrogens with one attached hydrogen (secondary N) is 2. The number of nitrogens with zero attached hydrogens (tertiary/aromatic N) is 3. The number of carbonyl (C=O) groups excluding carboxylic acids is 1. The Morgan fingerprint density at radius 3 is 2.26 bits per heavy atom. The van der Waals surface area contributed by atoms with Crippen LogP contribution in [-0.4, -0.2) is 50.5 Å². The number of ether oxygens (including phenoxy) is 1. The molecule has 1 aliphatic heterocycles. The van der Waals surface area contributed by atoms with Gasteiger partial charge in [0.25, 0.3) is 0 Å². The zero-order chi connectivity index (χ0) is 23.5. The van der Waals surface area contributed by atoms with E-state index in [1.165, 1.54) is 0 Å². The summed E-state index contributed by atoms with van der Waals surface area (Å²) in [5.41, 5.74) is 6.39. The molecule has 174 valence electrons. The standard InChI is InChI=1S/C27H29N5O2/c1-18(2)13-26(33)32-11-12-34-16-25(32)27-29-15-24(31-27)22-9-5-20(6-10-22)19-3-7-21(8-4-19)23-14-28-17-30-23/h3-10,14-15,17-18,25H,11-13,16H2,1-2H3,(H,28,30)(H,29,31). The lowest BCUT2D eigenvalue weighted by molar-refractivity contribution is -0.141. The van der Waals surface area contributed by atoms with Crippen LogP contribution in [0.5, 0.6) is 0 Å². The second kappa shape index (κ2) is 9.65. The number of hydrogen-bond donors (Lipinski definition) is 2. The van der Waals surface area contributed by atoms with Crippen LogP contribution in [0.25, 0.3) is 33.6 Å². The lowest BCUT2D eigenvalue weighted by atomic mass is 10.0. The first kappa shape index (κ1) is 22.1. The minimum Gasteiger partial charge on any atom is -0.377 e. The first-order chi connectivity index (χ1) is 16.6. The average Bonchev–Trinajstić information content (AvgIpc) is 3.57. The number of benzene rings is 2. The molecule has 34 heavy (non-hydrogen) atoms. The van der Waals surface area contributed by atoms with Crippen LogP contribution in [0.15, 0.2) is 67.3 Å². The van der Waals surface area contributed by atoms with Gasteiger partial charge < -0.3 is 19.6 Å². The molecule has 1 saturated heterocycles. The number of aromatic amines is 2. The first-order valence-electron chi connectivity index (χ1n) is 11.7. The number of hydrogen-bond acceptors (Lipinski definition) is 4. The van der Waals surface area contributed by atoms with Gasteiger partial charge in [-0.3, -0.25) is 4.79 Å². The van der Waals surface area contributed by atoms with Crippen molar-refractivity contribution in [3.05, 3.63) is 73.1 Å². The number of aromatic nitrogens is 4. The fourth-order valence-corrected chi connectivity index (χ4v) is 4.35. The quantitative estimate of drug-likeness (QED) is 0.424. The van der Waals surface area contributed by atoms with Crippen molar-refractivity contribution < 1.29 is 9.53 Å². The summed E-state index contributed by atoms with van der Waals surface area (Å²) in [6, 6.07) is 16.7. The van der Waals surface area contributed by atoms with Gasteiger partial charge in [-0.1, -0.05) is 62.4 Å². The number of H-pyrrole nitrogens is 2. The third-order valence-electron chi connectivity index (χ3n) is 6.17. The van der Waals surface area contributed by atoms with Gasteiger partial charge in [-0.05, 0) is 28.2 Å². The van der Waals surface area contributed by atoms with Gasteiger partial charge in [-0.2, -0.15) is 0 Å². The summed E-state index contributed by atoms with van der Waals surface area (Å²) in [5, 5.41) is 0. The van der Waals surface area contributed by atoms with Gasteiger partial charge in [-0.25, -0.2) is 9.97 Å². The van der Waals surface area contributed by atoms with E-state index in [0.29, 0.717) is 32.1 Å². The second-order valence-corrected chi connectivity index (χ2v) is 9.08. The lowest BCUT2D eigenvalue weighted by Crippen LogP contribution is -2.44. The molecule has 1 aliphatic rings. The summed E-state index contributed by atoms with van der Waals surface area (Å²) < 4.78 is 5.67. The molecule has 2 aromatic heterocycles. The highest BCUT2D eigenvalue weighted by Gasteiger charge is 2.30. The fourth-order valence-electron chi connectivity index (χ4n) is 4.35. The Bertz CT molecular complexity index is 1230. The van der Waals surface area contributed by atoms with E-state index in [1.807, 2.05) is 17.3 Å². The Balaban J connectivity index is 1.32. The average molecular weight is 456 g/mol. The van der Waals surface area contributed by atoms with E-state index in [9.17, 15) is 4.79 Å². The molecule has 1 atom stereocenters. The smallest absolute Gasteiger partial charge is 0.223 e. The molecule has 1 fully saturated rings. The highest BCUT2D eigenvalue weighted by Crippen LogP contribution is 2.29.